The van der Waals surface area contributed by atoms with Crippen molar-refractivity contribution in [2.75, 3.05) is 5.75 Å². The van der Waals surface area contributed by atoms with Crippen molar-refractivity contribution in [2.45, 2.75) is 30.8 Å². The molecular formula is C12H15ClN2S. The van der Waals surface area contributed by atoms with Crippen molar-refractivity contribution < 1.29 is 0 Å². The van der Waals surface area contributed by atoms with Crippen molar-refractivity contribution in [3.8, 4) is 6.07 Å². The van der Waals surface area contributed by atoms with Gasteiger partial charge in [-0.1, -0.05) is 11.6 Å². The van der Waals surface area contributed by atoms with Gasteiger partial charge in [0.2, 0.25) is 0 Å². The van der Waals surface area contributed by atoms with Crippen LogP contribution in [-0.4, -0.2) is 17.8 Å². The molecule has 86 valence electrons. The third kappa shape index (κ3) is 4.89. The summed E-state index contributed by atoms with van der Waals surface area (Å²) in [6, 6.07) is 10.1. The average molecular weight is 255 g/mol. The third-order valence-electron chi connectivity index (χ3n) is 1.92. The van der Waals surface area contributed by atoms with E-state index in [0.29, 0.717) is 6.04 Å². The summed E-state index contributed by atoms with van der Waals surface area (Å²) in [4.78, 5) is 1.13. The molecule has 0 radical (unpaired) electrons. The molecule has 0 aliphatic heterocycles. The minimum Gasteiger partial charge on any atom is -0.299 e. The molecule has 16 heavy (non-hydrogen) atoms. The highest BCUT2D eigenvalue weighted by Crippen LogP contribution is 2.20. The van der Waals surface area contributed by atoms with E-state index in [1.807, 2.05) is 38.1 Å². The largest absolute Gasteiger partial charge is 0.299 e. The van der Waals surface area contributed by atoms with Gasteiger partial charge < -0.3 is 0 Å². The van der Waals surface area contributed by atoms with Crippen LogP contribution in [0.4, 0.5) is 0 Å². The van der Waals surface area contributed by atoms with Crippen molar-refractivity contribution in [3.05, 3.63) is 29.3 Å². The maximum Gasteiger partial charge on any atom is 0.105 e. The first-order valence-corrected chi connectivity index (χ1v) is 6.52. The fraction of sp³-hybridized carbons (Fsp3) is 0.417. The van der Waals surface area contributed by atoms with Gasteiger partial charge >= 0.3 is 0 Å². The second kappa shape index (κ2) is 6.80. The van der Waals surface area contributed by atoms with Crippen LogP contribution in [0.3, 0.4) is 0 Å². The summed E-state index contributed by atoms with van der Waals surface area (Å²) in [5.74, 6) is 0.746. The minimum absolute atomic E-state index is 0.110. The second-order valence-electron chi connectivity index (χ2n) is 3.77. The molecule has 0 heterocycles. The lowest BCUT2D eigenvalue weighted by Crippen LogP contribution is -2.35. The number of thioether (sulfide) groups is 1. The molecule has 1 aromatic rings. The van der Waals surface area contributed by atoms with Crippen molar-refractivity contribution in [1.29, 1.82) is 5.26 Å². The van der Waals surface area contributed by atoms with Crippen molar-refractivity contribution >= 4 is 23.4 Å². The van der Waals surface area contributed by atoms with E-state index >= 15 is 0 Å². The zero-order valence-electron chi connectivity index (χ0n) is 9.40. The molecule has 1 atom stereocenters. The summed E-state index contributed by atoms with van der Waals surface area (Å²) < 4.78 is 0. The Kier molecular flexibility index (Phi) is 5.68. The number of nitrogens with one attached hydrogen (secondary N) is 1. The highest BCUT2D eigenvalue weighted by Gasteiger charge is 2.08. The number of hydrogen-bond acceptors (Lipinski definition) is 3. The number of nitrogens with zero attached hydrogens (tertiary/aromatic N) is 1. The molecule has 0 spiro atoms. The zero-order chi connectivity index (χ0) is 12.0. The quantitative estimate of drug-likeness (QED) is 0.819. The summed E-state index contributed by atoms with van der Waals surface area (Å²) >= 11 is 7.46. The van der Waals surface area contributed by atoms with Gasteiger partial charge in [-0.25, -0.2) is 0 Å². The smallest absolute Gasteiger partial charge is 0.105 e. The van der Waals surface area contributed by atoms with Crippen LogP contribution in [0, 0.1) is 11.3 Å². The third-order valence-corrected chi connectivity index (χ3v) is 3.28. The lowest BCUT2D eigenvalue weighted by atomic mass is 10.3. The highest BCUT2D eigenvalue weighted by molar-refractivity contribution is 7.99. The highest BCUT2D eigenvalue weighted by atomic mass is 35.5. The van der Waals surface area contributed by atoms with E-state index in [-0.39, 0.29) is 6.04 Å². The van der Waals surface area contributed by atoms with E-state index in [2.05, 4.69) is 11.4 Å². The van der Waals surface area contributed by atoms with Gasteiger partial charge in [-0.2, -0.15) is 5.26 Å². The number of nitriles is 1. The summed E-state index contributed by atoms with van der Waals surface area (Å²) in [5, 5.41) is 12.9. The number of rotatable bonds is 5. The molecule has 1 rings (SSSR count). The average Bonchev–Trinajstić information content (AvgIpc) is 2.26. The molecule has 0 aliphatic carbocycles. The predicted octanol–water partition coefficient (Wildman–Crippen LogP) is 3.32. The molecule has 0 saturated heterocycles. The van der Waals surface area contributed by atoms with E-state index in [1.54, 1.807) is 11.8 Å². The van der Waals surface area contributed by atoms with Crippen LogP contribution in [-0.2, 0) is 0 Å². The van der Waals surface area contributed by atoms with E-state index in [9.17, 15) is 0 Å². The van der Waals surface area contributed by atoms with E-state index < -0.39 is 0 Å². The molecule has 1 N–H and O–H groups in total. The lowest BCUT2D eigenvalue weighted by Gasteiger charge is -2.13. The van der Waals surface area contributed by atoms with Crippen LogP contribution >= 0.6 is 23.4 Å². The molecule has 1 unspecified atom stereocenters. The lowest BCUT2D eigenvalue weighted by molar-refractivity contribution is 0.560. The van der Waals surface area contributed by atoms with Crippen molar-refractivity contribution in [3.63, 3.8) is 0 Å². The van der Waals surface area contributed by atoms with Crippen LogP contribution in [0.5, 0.6) is 0 Å². The Bertz CT molecular complexity index is 356. The van der Waals surface area contributed by atoms with Crippen LogP contribution in [0.1, 0.15) is 13.8 Å². The molecule has 0 aliphatic rings. The zero-order valence-corrected chi connectivity index (χ0v) is 11.0. The van der Waals surface area contributed by atoms with Crippen molar-refractivity contribution in [2.24, 2.45) is 0 Å². The van der Waals surface area contributed by atoms with Gasteiger partial charge in [-0.05, 0) is 38.1 Å². The van der Waals surface area contributed by atoms with Gasteiger partial charge in [0.1, 0.15) is 6.04 Å². The maximum atomic E-state index is 8.95. The molecule has 0 amide bonds. The molecule has 1 aromatic carbocycles. The van der Waals surface area contributed by atoms with Gasteiger partial charge in [-0.3, -0.25) is 5.32 Å². The van der Waals surface area contributed by atoms with Crippen LogP contribution in [0.15, 0.2) is 29.2 Å². The maximum absolute atomic E-state index is 8.95. The van der Waals surface area contributed by atoms with Crippen molar-refractivity contribution in [1.82, 2.24) is 5.32 Å². The number of hydrogen-bond donors (Lipinski definition) is 1. The molecule has 0 bridgehead atoms. The van der Waals surface area contributed by atoms with Crippen LogP contribution in [0.25, 0.3) is 0 Å². The predicted molar refractivity (Wildman–Crippen MR) is 69.8 cm³/mol. The SMILES string of the molecule is CC(C)NC(C#N)CSc1ccc(Cl)cc1. The Balaban J connectivity index is 2.44. The molecule has 0 aromatic heterocycles. The van der Waals surface area contributed by atoms with Crippen LogP contribution < -0.4 is 5.32 Å². The molecule has 4 heteroatoms. The molecular weight excluding hydrogens is 240 g/mol. The Labute approximate surface area is 106 Å². The summed E-state index contributed by atoms with van der Waals surface area (Å²) in [6.07, 6.45) is 0. The summed E-state index contributed by atoms with van der Waals surface area (Å²) in [5.41, 5.74) is 0. The minimum atomic E-state index is -0.110. The summed E-state index contributed by atoms with van der Waals surface area (Å²) in [6.45, 7) is 4.08. The molecule has 2 nitrogen and oxygen atoms in total. The number of benzene rings is 1. The number of halogens is 1. The first-order chi connectivity index (χ1) is 7.61. The normalized spacial score (nSPS) is 12.4. The second-order valence-corrected chi connectivity index (χ2v) is 5.30. The topological polar surface area (TPSA) is 35.8 Å². The standard InChI is InChI=1S/C12H15ClN2S/c1-9(2)15-11(7-14)8-16-12-5-3-10(13)4-6-12/h3-6,9,11,15H,8H2,1-2H3. The van der Waals surface area contributed by atoms with Gasteiger partial charge in [0.15, 0.2) is 0 Å². The van der Waals surface area contributed by atoms with Gasteiger partial charge in [0.25, 0.3) is 0 Å². The fourth-order valence-corrected chi connectivity index (χ4v) is 2.22. The fourth-order valence-electron chi connectivity index (χ4n) is 1.24. The van der Waals surface area contributed by atoms with E-state index in [0.717, 1.165) is 15.7 Å². The van der Waals surface area contributed by atoms with E-state index in [4.69, 9.17) is 16.9 Å². The van der Waals surface area contributed by atoms with E-state index in [1.165, 1.54) is 0 Å². The van der Waals surface area contributed by atoms with Crippen LogP contribution in [0.2, 0.25) is 5.02 Å². The first kappa shape index (κ1) is 13.4. The Hall–Kier alpha value is -0.690. The molecule has 0 fully saturated rings. The molecule has 0 saturated carbocycles. The van der Waals surface area contributed by atoms with Gasteiger partial charge in [0.05, 0.1) is 6.07 Å². The summed E-state index contributed by atoms with van der Waals surface area (Å²) in [7, 11) is 0. The Morgan fingerprint density at radius 2 is 2.00 bits per heavy atom. The monoisotopic (exact) mass is 254 g/mol. The Morgan fingerprint density at radius 3 is 2.50 bits per heavy atom. The first-order valence-electron chi connectivity index (χ1n) is 5.16. The Morgan fingerprint density at radius 1 is 1.38 bits per heavy atom. The van der Waals surface area contributed by atoms with Gasteiger partial charge in [0, 0.05) is 21.7 Å². The van der Waals surface area contributed by atoms with Gasteiger partial charge in [-0.15, -0.1) is 11.8 Å².